The van der Waals surface area contributed by atoms with Gasteiger partial charge in [-0.2, -0.15) is 0 Å². The number of benzene rings is 1. The topological polar surface area (TPSA) is 94.8 Å². The number of aromatic nitrogens is 1. The van der Waals surface area contributed by atoms with Crippen LogP contribution in [0, 0.1) is 6.92 Å². The van der Waals surface area contributed by atoms with E-state index in [4.69, 9.17) is 5.11 Å². The number of aliphatic hydroxyl groups excluding tert-OH is 1. The molecule has 3 rings (SSSR count). The first kappa shape index (κ1) is 20.4. The van der Waals surface area contributed by atoms with Crippen molar-refractivity contribution in [3.8, 4) is 11.1 Å². The molecule has 0 amide bonds. The van der Waals surface area contributed by atoms with Crippen LogP contribution in [0.3, 0.4) is 0 Å². The number of aromatic carboxylic acids is 1. The Labute approximate surface area is 175 Å². The molecule has 0 spiro atoms. The lowest BCUT2D eigenvalue weighted by Crippen LogP contribution is -2.11. The Kier molecular flexibility index (Phi) is 6.43. The number of thiophene rings is 1. The lowest BCUT2D eigenvalue weighted by molar-refractivity contribution is 0.0703. The Morgan fingerprint density at radius 1 is 1.32 bits per heavy atom. The van der Waals surface area contributed by atoms with Crippen molar-refractivity contribution in [2.45, 2.75) is 20.3 Å². The number of pyridine rings is 1. The number of amidine groups is 1. The van der Waals surface area contributed by atoms with E-state index in [-0.39, 0.29) is 11.5 Å². The largest absolute Gasteiger partial charge is 0.477 e. The van der Waals surface area contributed by atoms with Gasteiger partial charge in [-0.05, 0) is 49.6 Å². The molecule has 0 fully saturated rings. The van der Waals surface area contributed by atoms with E-state index in [1.54, 1.807) is 6.92 Å². The third kappa shape index (κ3) is 4.40. The number of carbonyl (C=O) groups is 1. The summed E-state index contributed by atoms with van der Waals surface area (Å²) in [6.07, 6.45) is 0.556. The molecule has 3 aromatic rings. The number of hydrogen-bond donors (Lipinski definition) is 3. The molecule has 0 unspecified atom stereocenters. The van der Waals surface area contributed by atoms with Gasteiger partial charge in [-0.25, -0.2) is 9.78 Å². The number of carboxylic acids is 1. The molecule has 28 heavy (non-hydrogen) atoms. The highest BCUT2D eigenvalue weighted by Crippen LogP contribution is 2.41. The summed E-state index contributed by atoms with van der Waals surface area (Å²) < 4.78 is 0.972. The minimum atomic E-state index is -1.01. The predicted molar refractivity (Wildman–Crippen MR) is 118 cm³/mol. The van der Waals surface area contributed by atoms with Crippen molar-refractivity contribution in [3.63, 3.8) is 0 Å². The third-order valence-electron chi connectivity index (χ3n) is 4.11. The summed E-state index contributed by atoms with van der Waals surface area (Å²) in [5.41, 5.74) is 3.22. The molecule has 6 nitrogen and oxygen atoms in total. The second-order valence-corrected chi connectivity index (χ2v) is 8.19. The van der Waals surface area contributed by atoms with Gasteiger partial charge in [-0.1, -0.05) is 28.1 Å². The van der Waals surface area contributed by atoms with Crippen molar-refractivity contribution >= 4 is 55.0 Å². The Morgan fingerprint density at radius 2 is 2.04 bits per heavy atom. The van der Waals surface area contributed by atoms with Crippen molar-refractivity contribution in [2.75, 3.05) is 18.5 Å². The van der Waals surface area contributed by atoms with Crippen molar-refractivity contribution in [1.29, 1.82) is 0 Å². The summed E-state index contributed by atoms with van der Waals surface area (Å²) in [5, 5.41) is 22.6. The van der Waals surface area contributed by atoms with Gasteiger partial charge in [0.2, 0.25) is 0 Å². The molecule has 8 heteroatoms. The molecule has 0 aliphatic carbocycles. The molecular formula is C20H20BrN3O3S. The number of fused-ring (bicyclic) bond motifs is 1. The summed E-state index contributed by atoms with van der Waals surface area (Å²) >= 11 is 4.60. The Bertz CT molecular complexity index is 1050. The van der Waals surface area contributed by atoms with E-state index >= 15 is 0 Å². The minimum absolute atomic E-state index is 0.0649. The zero-order valence-corrected chi connectivity index (χ0v) is 17.9. The molecule has 0 saturated heterocycles. The Morgan fingerprint density at radius 3 is 2.68 bits per heavy atom. The van der Waals surface area contributed by atoms with Gasteiger partial charge in [-0.3, -0.25) is 4.99 Å². The maximum Gasteiger partial charge on any atom is 0.348 e. The summed E-state index contributed by atoms with van der Waals surface area (Å²) in [6.45, 7) is 4.22. The smallest absolute Gasteiger partial charge is 0.348 e. The number of carboxylic acid groups (broad SMARTS) is 1. The lowest BCUT2D eigenvalue weighted by Gasteiger charge is -2.11. The molecule has 0 radical (unpaired) electrons. The molecule has 2 heterocycles. The average Bonchev–Trinajstić information content (AvgIpc) is 3.00. The quantitative estimate of drug-likeness (QED) is 0.274. The number of rotatable bonds is 6. The van der Waals surface area contributed by atoms with Crippen LogP contribution in [0.5, 0.6) is 0 Å². The summed E-state index contributed by atoms with van der Waals surface area (Å²) in [4.78, 5) is 21.7. The molecule has 0 aliphatic rings. The van der Waals surface area contributed by atoms with Gasteiger partial charge < -0.3 is 15.5 Å². The maximum atomic E-state index is 11.9. The van der Waals surface area contributed by atoms with Crippen LogP contribution in [-0.4, -0.2) is 40.2 Å². The van der Waals surface area contributed by atoms with Crippen LogP contribution < -0.4 is 5.32 Å². The molecule has 0 aliphatic heterocycles. The van der Waals surface area contributed by atoms with E-state index in [2.05, 4.69) is 31.2 Å². The molecule has 0 atom stereocenters. The highest BCUT2D eigenvalue weighted by atomic mass is 79.9. The summed E-state index contributed by atoms with van der Waals surface area (Å²) in [6, 6.07) is 9.85. The number of nitrogens with zero attached hydrogens (tertiary/aromatic N) is 2. The van der Waals surface area contributed by atoms with Gasteiger partial charge in [0.25, 0.3) is 0 Å². The number of nitrogens with one attached hydrogen (secondary N) is 1. The predicted octanol–water partition coefficient (Wildman–Crippen LogP) is 4.95. The normalized spacial score (nSPS) is 11.8. The summed E-state index contributed by atoms with van der Waals surface area (Å²) in [7, 11) is 0. The first-order valence-corrected chi connectivity index (χ1v) is 10.3. The number of aryl methyl sites for hydroxylation is 1. The fourth-order valence-electron chi connectivity index (χ4n) is 2.89. The number of hydrogen-bond acceptors (Lipinski definition) is 5. The van der Waals surface area contributed by atoms with Gasteiger partial charge in [0.1, 0.15) is 9.71 Å². The number of aliphatic hydroxyl groups is 1. The van der Waals surface area contributed by atoms with E-state index in [9.17, 15) is 9.90 Å². The van der Waals surface area contributed by atoms with Crippen LogP contribution in [0.4, 0.5) is 5.69 Å². The molecule has 0 bridgehead atoms. The first-order chi connectivity index (χ1) is 13.4. The monoisotopic (exact) mass is 461 g/mol. The number of anilines is 1. The molecule has 2 aromatic heterocycles. The second-order valence-electron chi connectivity index (χ2n) is 6.28. The molecule has 3 N–H and O–H groups in total. The van der Waals surface area contributed by atoms with Crippen LogP contribution >= 0.6 is 27.3 Å². The molecular weight excluding hydrogens is 442 g/mol. The standard InChI is InChI=1S/C20H20BrN3O3S/c1-11-10-15(13-4-6-14(21)7-5-13)16-17(24-12(2)22-8-3-9-25)18(20(26)27)28-19(16)23-11/h4-7,10,25H,3,8-9H2,1-2H3,(H,22,24)(H,26,27). The second kappa shape index (κ2) is 8.81. The van der Waals surface area contributed by atoms with Gasteiger partial charge in [0, 0.05) is 28.7 Å². The first-order valence-electron chi connectivity index (χ1n) is 8.73. The van der Waals surface area contributed by atoms with Crippen LogP contribution in [0.15, 0.2) is 39.8 Å². The van der Waals surface area contributed by atoms with E-state index in [1.807, 2.05) is 37.3 Å². The van der Waals surface area contributed by atoms with Crippen molar-refractivity contribution in [3.05, 3.63) is 45.4 Å². The van der Waals surface area contributed by atoms with Crippen molar-refractivity contribution < 1.29 is 15.0 Å². The van der Waals surface area contributed by atoms with E-state index in [1.165, 1.54) is 0 Å². The Hall–Kier alpha value is -2.29. The van der Waals surface area contributed by atoms with Gasteiger partial charge in [-0.15, -0.1) is 11.3 Å². The lowest BCUT2D eigenvalue weighted by atomic mass is 10.0. The highest BCUT2D eigenvalue weighted by molar-refractivity contribution is 9.10. The average molecular weight is 462 g/mol. The zero-order valence-electron chi connectivity index (χ0n) is 15.5. The fourth-order valence-corrected chi connectivity index (χ4v) is 4.19. The van der Waals surface area contributed by atoms with Crippen LogP contribution in [-0.2, 0) is 0 Å². The summed E-state index contributed by atoms with van der Waals surface area (Å²) in [5.74, 6) is -0.411. The van der Waals surface area contributed by atoms with E-state index in [0.29, 0.717) is 29.3 Å². The van der Waals surface area contributed by atoms with Gasteiger partial charge >= 0.3 is 5.97 Å². The van der Waals surface area contributed by atoms with Crippen LogP contribution in [0.1, 0.15) is 28.7 Å². The van der Waals surface area contributed by atoms with E-state index < -0.39 is 5.97 Å². The van der Waals surface area contributed by atoms with Crippen LogP contribution in [0.25, 0.3) is 21.3 Å². The highest BCUT2D eigenvalue weighted by Gasteiger charge is 2.22. The number of aliphatic imine (C=N–C) groups is 1. The van der Waals surface area contributed by atoms with Gasteiger partial charge in [0.15, 0.2) is 0 Å². The van der Waals surface area contributed by atoms with Crippen molar-refractivity contribution in [2.24, 2.45) is 4.99 Å². The van der Waals surface area contributed by atoms with Crippen molar-refractivity contribution in [1.82, 2.24) is 4.98 Å². The van der Waals surface area contributed by atoms with Gasteiger partial charge in [0.05, 0.1) is 11.5 Å². The molecule has 0 saturated carbocycles. The SMILES string of the molecule is CC(=NCCCO)Nc1c(C(=O)O)sc2nc(C)cc(-c3ccc(Br)cc3)c12. The zero-order chi connectivity index (χ0) is 20.3. The number of halogens is 1. The maximum absolute atomic E-state index is 11.9. The minimum Gasteiger partial charge on any atom is -0.477 e. The molecule has 1 aromatic carbocycles. The van der Waals surface area contributed by atoms with E-state index in [0.717, 1.165) is 38.0 Å². The van der Waals surface area contributed by atoms with Crippen LogP contribution in [0.2, 0.25) is 0 Å². The third-order valence-corrected chi connectivity index (χ3v) is 5.71. The Balaban J connectivity index is 2.20. The fraction of sp³-hybridized carbons (Fsp3) is 0.250. The molecule has 146 valence electrons.